The number of hydrogen-bond acceptors (Lipinski definition) is 3. The molecule has 2 N–H and O–H groups in total. The van der Waals surface area contributed by atoms with E-state index in [0.717, 1.165) is 11.4 Å². The molecule has 0 saturated heterocycles. The number of thiocarbonyl (C=S) groups is 1. The highest BCUT2D eigenvalue weighted by Gasteiger charge is 2.01. The second kappa shape index (κ2) is 5.75. The molecule has 0 unspecified atom stereocenters. The van der Waals surface area contributed by atoms with Crippen LogP contribution in [0.15, 0.2) is 36.5 Å². The van der Waals surface area contributed by atoms with Gasteiger partial charge in [0.05, 0.1) is 0 Å². The monoisotopic (exact) mass is 278 g/mol. The van der Waals surface area contributed by atoms with Gasteiger partial charge in [-0.3, -0.25) is 0 Å². The maximum atomic E-state index is 5.80. The Morgan fingerprint density at radius 2 is 1.89 bits per heavy atom. The summed E-state index contributed by atoms with van der Waals surface area (Å²) in [5.41, 5.74) is 1.73. The zero-order valence-electron chi connectivity index (χ0n) is 9.64. The molecular formula is C12H11ClN4S. The first kappa shape index (κ1) is 12.7. The third kappa shape index (κ3) is 3.65. The molecule has 0 radical (unpaired) electrons. The average Bonchev–Trinajstić information content (AvgIpc) is 2.32. The van der Waals surface area contributed by atoms with E-state index < -0.39 is 0 Å². The Kier molecular flexibility index (Phi) is 4.07. The Hall–Kier alpha value is -1.72. The van der Waals surface area contributed by atoms with Gasteiger partial charge in [-0.1, -0.05) is 11.6 Å². The minimum absolute atomic E-state index is 0.433. The number of rotatable bonds is 2. The van der Waals surface area contributed by atoms with E-state index in [4.69, 9.17) is 23.8 Å². The molecule has 0 fully saturated rings. The van der Waals surface area contributed by atoms with Crippen molar-refractivity contribution in [3.05, 3.63) is 47.2 Å². The molecule has 92 valence electrons. The van der Waals surface area contributed by atoms with Crippen LogP contribution in [0.4, 0.5) is 11.6 Å². The third-order valence-corrected chi connectivity index (χ3v) is 2.58. The number of halogens is 1. The molecule has 0 amide bonds. The van der Waals surface area contributed by atoms with Crippen molar-refractivity contribution in [2.45, 2.75) is 6.92 Å². The van der Waals surface area contributed by atoms with Gasteiger partial charge in [0, 0.05) is 22.6 Å². The molecule has 1 heterocycles. The number of hydrogen-bond donors (Lipinski definition) is 2. The molecule has 0 aliphatic rings. The minimum Gasteiger partial charge on any atom is -0.332 e. The van der Waals surface area contributed by atoms with Gasteiger partial charge in [-0.15, -0.1) is 0 Å². The Balaban J connectivity index is 1.98. The molecule has 1 aromatic heterocycles. The highest BCUT2D eigenvalue weighted by Crippen LogP contribution is 2.13. The Morgan fingerprint density at radius 1 is 1.17 bits per heavy atom. The Labute approximate surface area is 115 Å². The van der Waals surface area contributed by atoms with Crippen molar-refractivity contribution in [1.29, 1.82) is 0 Å². The van der Waals surface area contributed by atoms with Gasteiger partial charge in [-0.25, -0.2) is 9.97 Å². The van der Waals surface area contributed by atoms with Crippen molar-refractivity contribution in [1.82, 2.24) is 9.97 Å². The van der Waals surface area contributed by atoms with Crippen LogP contribution >= 0.6 is 23.8 Å². The highest BCUT2D eigenvalue weighted by molar-refractivity contribution is 7.80. The van der Waals surface area contributed by atoms with Crippen molar-refractivity contribution in [3.63, 3.8) is 0 Å². The van der Waals surface area contributed by atoms with Crippen LogP contribution in [0.2, 0.25) is 5.02 Å². The highest BCUT2D eigenvalue weighted by atomic mass is 35.5. The summed E-state index contributed by atoms with van der Waals surface area (Å²) in [7, 11) is 0. The molecule has 0 bridgehead atoms. The van der Waals surface area contributed by atoms with Crippen LogP contribution in [-0.4, -0.2) is 15.1 Å². The summed E-state index contributed by atoms with van der Waals surface area (Å²) < 4.78 is 0. The van der Waals surface area contributed by atoms with Crippen LogP contribution in [0.3, 0.4) is 0 Å². The van der Waals surface area contributed by atoms with Gasteiger partial charge in [-0.05, 0) is 49.5 Å². The topological polar surface area (TPSA) is 49.8 Å². The predicted octanol–water partition coefficient (Wildman–Crippen LogP) is 3.25. The summed E-state index contributed by atoms with van der Waals surface area (Å²) in [4.78, 5) is 8.26. The molecule has 0 spiro atoms. The quantitative estimate of drug-likeness (QED) is 0.826. The number of aromatic nitrogens is 2. The minimum atomic E-state index is 0.433. The first-order valence-corrected chi connectivity index (χ1v) is 6.05. The van der Waals surface area contributed by atoms with Crippen LogP contribution in [0.1, 0.15) is 5.69 Å². The first-order chi connectivity index (χ1) is 8.63. The molecule has 0 aliphatic heterocycles. The predicted molar refractivity (Wildman–Crippen MR) is 78.1 cm³/mol. The van der Waals surface area contributed by atoms with Crippen LogP contribution in [0.25, 0.3) is 0 Å². The molecule has 2 aromatic rings. The summed E-state index contributed by atoms with van der Waals surface area (Å²) in [6, 6.07) is 9.08. The number of anilines is 2. The van der Waals surface area contributed by atoms with Gasteiger partial charge in [0.2, 0.25) is 5.95 Å². The van der Waals surface area contributed by atoms with Crippen LogP contribution in [0.5, 0.6) is 0 Å². The lowest BCUT2D eigenvalue weighted by atomic mass is 10.3. The van der Waals surface area contributed by atoms with E-state index in [1.54, 1.807) is 18.3 Å². The summed E-state index contributed by atoms with van der Waals surface area (Å²) in [6.45, 7) is 1.89. The zero-order chi connectivity index (χ0) is 13.0. The standard InChI is InChI=1S/C12H11ClN4S/c1-8-6-7-14-11(15-8)17-12(18)16-10-4-2-9(13)3-5-10/h2-7H,1H3,(H2,14,15,16,17,18). The van der Waals surface area contributed by atoms with Gasteiger partial charge < -0.3 is 10.6 Å². The fraction of sp³-hybridized carbons (Fsp3) is 0.0833. The van der Waals surface area contributed by atoms with Crippen LogP contribution in [0, 0.1) is 6.92 Å². The Morgan fingerprint density at radius 3 is 2.56 bits per heavy atom. The zero-order valence-corrected chi connectivity index (χ0v) is 11.2. The fourth-order valence-electron chi connectivity index (χ4n) is 1.31. The lowest BCUT2D eigenvalue weighted by molar-refractivity contribution is 1.11. The van der Waals surface area contributed by atoms with Gasteiger partial charge in [0.25, 0.3) is 0 Å². The second-order valence-corrected chi connectivity index (χ2v) is 4.45. The molecule has 0 aliphatic carbocycles. The summed E-state index contributed by atoms with van der Waals surface area (Å²) in [5, 5.41) is 7.04. The van der Waals surface area contributed by atoms with E-state index in [9.17, 15) is 0 Å². The SMILES string of the molecule is Cc1ccnc(NC(=S)Nc2ccc(Cl)cc2)n1. The molecule has 4 nitrogen and oxygen atoms in total. The van der Waals surface area contributed by atoms with Crippen LogP contribution in [-0.2, 0) is 0 Å². The second-order valence-electron chi connectivity index (χ2n) is 3.61. The van der Waals surface area contributed by atoms with Crippen molar-refractivity contribution < 1.29 is 0 Å². The lowest BCUT2D eigenvalue weighted by Gasteiger charge is -2.09. The van der Waals surface area contributed by atoms with Crippen molar-refractivity contribution in [3.8, 4) is 0 Å². The lowest BCUT2D eigenvalue weighted by Crippen LogP contribution is -2.20. The molecule has 0 saturated carbocycles. The fourth-order valence-corrected chi connectivity index (χ4v) is 1.64. The number of aryl methyl sites for hydroxylation is 1. The normalized spacial score (nSPS) is 9.89. The van der Waals surface area contributed by atoms with E-state index in [0.29, 0.717) is 16.1 Å². The largest absolute Gasteiger partial charge is 0.332 e. The number of benzene rings is 1. The molecule has 6 heteroatoms. The molecule has 1 aromatic carbocycles. The first-order valence-electron chi connectivity index (χ1n) is 5.27. The number of nitrogens with one attached hydrogen (secondary N) is 2. The third-order valence-electron chi connectivity index (χ3n) is 2.12. The van der Waals surface area contributed by atoms with Crippen molar-refractivity contribution in [2.75, 3.05) is 10.6 Å². The Bertz CT molecular complexity index is 556. The molecule has 0 atom stereocenters. The smallest absolute Gasteiger partial charge is 0.229 e. The molecular weight excluding hydrogens is 268 g/mol. The maximum absolute atomic E-state index is 5.80. The van der Waals surface area contributed by atoms with E-state index in [2.05, 4.69) is 20.6 Å². The average molecular weight is 279 g/mol. The van der Waals surface area contributed by atoms with E-state index in [-0.39, 0.29) is 0 Å². The van der Waals surface area contributed by atoms with Gasteiger partial charge in [0.15, 0.2) is 5.11 Å². The van der Waals surface area contributed by atoms with Crippen LogP contribution < -0.4 is 10.6 Å². The van der Waals surface area contributed by atoms with Crippen molar-refractivity contribution >= 4 is 40.6 Å². The van der Waals surface area contributed by atoms with E-state index in [1.807, 2.05) is 25.1 Å². The van der Waals surface area contributed by atoms with Crippen molar-refractivity contribution in [2.24, 2.45) is 0 Å². The summed E-state index contributed by atoms with van der Waals surface area (Å²) >= 11 is 11.0. The van der Waals surface area contributed by atoms with E-state index >= 15 is 0 Å². The van der Waals surface area contributed by atoms with Gasteiger partial charge in [0.1, 0.15) is 0 Å². The summed E-state index contributed by atoms with van der Waals surface area (Å²) in [6.07, 6.45) is 1.68. The maximum Gasteiger partial charge on any atom is 0.229 e. The molecule has 18 heavy (non-hydrogen) atoms. The van der Waals surface area contributed by atoms with Gasteiger partial charge in [-0.2, -0.15) is 0 Å². The van der Waals surface area contributed by atoms with Gasteiger partial charge >= 0.3 is 0 Å². The summed E-state index contributed by atoms with van der Waals surface area (Å²) in [5.74, 6) is 0.474. The number of nitrogens with zero attached hydrogens (tertiary/aromatic N) is 2. The van der Waals surface area contributed by atoms with E-state index in [1.165, 1.54) is 0 Å². The molecule has 2 rings (SSSR count).